The quantitative estimate of drug-likeness (QED) is 0.575. The Bertz CT molecular complexity index is 936. The lowest BCUT2D eigenvalue weighted by Gasteiger charge is -2.12. The zero-order valence-corrected chi connectivity index (χ0v) is 15.1. The Morgan fingerprint density at radius 3 is 2.68 bits per heavy atom. The third-order valence-electron chi connectivity index (χ3n) is 3.32. The van der Waals surface area contributed by atoms with Crippen LogP contribution in [0.4, 0.5) is 21.6 Å². The molecule has 0 atom stereocenters. The van der Waals surface area contributed by atoms with Crippen LogP contribution < -0.4 is 10.6 Å². The van der Waals surface area contributed by atoms with Crippen LogP contribution in [-0.4, -0.2) is 10.9 Å². The number of pyridine rings is 1. The van der Waals surface area contributed by atoms with Crippen molar-refractivity contribution in [2.75, 3.05) is 10.6 Å². The molecule has 3 aromatic rings. The number of nitrogens with zero attached hydrogens (tertiary/aromatic N) is 1. The lowest BCUT2D eigenvalue weighted by molar-refractivity contribution is 0.102. The van der Waals surface area contributed by atoms with Gasteiger partial charge in [-0.25, -0.2) is 9.37 Å². The molecule has 0 bridgehead atoms. The van der Waals surface area contributed by atoms with E-state index in [1.807, 2.05) is 12.1 Å². The van der Waals surface area contributed by atoms with E-state index in [4.69, 9.17) is 11.6 Å². The number of hydrogen-bond donors (Lipinski definition) is 2. The molecular formula is C18H12BrClFN3O. The van der Waals surface area contributed by atoms with Gasteiger partial charge in [0.25, 0.3) is 5.91 Å². The molecule has 1 aromatic heterocycles. The topological polar surface area (TPSA) is 54.0 Å². The van der Waals surface area contributed by atoms with E-state index in [0.29, 0.717) is 22.8 Å². The third kappa shape index (κ3) is 4.35. The van der Waals surface area contributed by atoms with Gasteiger partial charge in [-0.1, -0.05) is 33.6 Å². The largest absolute Gasteiger partial charge is 0.340 e. The summed E-state index contributed by atoms with van der Waals surface area (Å²) in [6.45, 7) is 0. The number of anilines is 3. The molecule has 0 aliphatic carbocycles. The second-order valence-corrected chi connectivity index (χ2v) is 6.44. The number of aromatic nitrogens is 1. The maximum absolute atomic E-state index is 13.3. The van der Waals surface area contributed by atoms with Crippen LogP contribution >= 0.6 is 27.5 Å². The molecule has 0 radical (unpaired) electrons. The Balaban J connectivity index is 1.85. The van der Waals surface area contributed by atoms with Gasteiger partial charge in [0.05, 0.1) is 10.6 Å². The first-order valence-corrected chi connectivity index (χ1v) is 8.44. The van der Waals surface area contributed by atoms with E-state index in [1.165, 1.54) is 18.2 Å². The Morgan fingerprint density at radius 2 is 1.92 bits per heavy atom. The standard InChI is InChI=1S/C18H12BrClFN3O/c19-11-3-1-4-12(9-11)24-18(25)14-5-2-8-22-17(14)23-13-6-7-16(21)15(20)10-13/h1-10H,(H,22,23)(H,24,25). The fraction of sp³-hybridized carbons (Fsp3) is 0. The highest BCUT2D eigenvalue weighted by molar-refractivity contribution is 9.10. The minimum absolute atomic E-state index is 0.0129. The molecule has 0 spiro atoms. The van der Waals surface area contributed by atoms with Crippen LogP contribution in [0, 0.1) is 5.82 Å². The average molecular weight is 421 g/mol. The fourth-order valence-electron chi connectivity index (χ4n) is 2.16. The SMILES string of the molecule is O=C(Nc1cccc(Br)c1)c1cccnc1Nc1ccc(F)c(Cl)c1. The monoisotopic (exact) mass is 419 g/mol. The Kier molecular flexibility index (Phi) is 5.31. The predicted octanol–water partition coefficient (Wildman–Crippen LogP) is 5.63. The van der Waals surface area contributed by atoms with E-state index in [0.717, 1.165) is 4.47 Å². The maximum atomic E-state index is 13.3. The van der Waals surface area contributed by atoms with Gasteiger partial charge in [-0.3, -0.25) is 4.79 Å². The van der Waals surface area contributed by atoms with Crippen LogP contribution in [0.5, 0.6) is 0 Å². The summed E-state index contributed by atoms with van der Waals surface area (Å²) < 4.78 is 14.1. The van der Waals surface area contributed by atoms with Crippen LogP contribution in [0.1, 0.15) is 10.4 Å². The maximum Gasteiger partial charge on any atom is 0.259 e. The van der Waals surface area contributed by atoms with E-state index < -0.39 is 5.82 Å². The molecule has 1 heterocycles. The molecule has 126 valence electrons. The van der Waals surface area contributed by atoms with Crippen molar-refractivity contribution in [1.82, 2.24) is 4.98 Å². The molecule has 3 rings (SSSR count). The summed E-state index contributed by atoms with van der Waals surface area (Å²) in [6, 6.07) is 14.8. The number of hydrogen-bond acceptors (Lipinski definition) is 3. The summed E-state index contributed by atoms with van der Waals surface area (Å²) in [4.78, 5) is 16.8. The molecule has 0 saturated heterocycles. The molecule has 2 aromatic carbocycles. The zero-order chi connectivity index (χ0) is 17.8. The molecule has 4 nitrogen and oxygen atoms in total. The predicted molar refractivity (Wildman–Crippen MR) is 101 cm³/mol. The minimum Gasteiger partial charge on any atom is -0.340 e. The number of halogens is 3. The van der Waals surface area contributed by atoms with Crippen molar-refractivity contribution in [3.05, 3.63) is 81.7 Å². The highest BCUT2D eigenvalue weighted by Gasteiger charge is 2.13. The second kappa shape index (κ2) is 7.63. The molecule has 2 N–H and O–H groups in total. The minimum atomic E-state index is -0.513. The average Bonchev–Trinajstić information content (AvgIpc) is 2.58. The summed E-state index contributed by atoms with van der Waals surface area (Å²) in [7, 11) is 0. The van der Waals surface area contributed by atoms with Crippen LogP contribution in [0.25, 0.3) is 0 Å². The van der Waals surface area contributed by atoms with Crippen LogP contribution in [0.2, 0.25) is 5.02 Å². The van der Waals surface area contributed by atoms with E-state index in [2.05, 4.69) is 31.5 Å². The molecular weight excluding hydrogens is 409 g/mol. The molecule has 25 heavy (non-hydrogen) atoms. The Hall–Kier alpha value is -2.44. The van der Waals surface area contributed by atoms with Gasteiger partial charge in [0.2, 0.25) is 0 Å². The van der Waals surface area contributed by atoms with E-state index in [-0.39, 0.29) is 10.9 Å². The Labute approximate surface area is 157 Å². The van der Waals surface area contributed by atoms with Gasteiger partial charge in [0, 0.05) is 22.0 Å². The van der Waals surface area contributed by atoms with Gasteiger partial charge in [-0.2, -0.15) is 0 Å². The summed E-state index contributed by atoms with van der Waals surface area (Å²) >= 11 is 9.15. The van der Waals surface area contributed by atoms with Crippen molar-refractivity contribution in [2.45, 2.75) is 0 Å². The molecule has 0 aliphatic heterocycles. The van der Waals surface area contributed by atoms with Crippen molar-refractivity contribution in [3.8, 4) is 0 Å². The normalized spacial score (nSPS) is 10.4. The van der Waals surface area contributed by atoms with Crippen LogP contribution in [0.3, 0.4) is 0 Å². The highest BCUT2D eigenvalue weighted by Crippen LogP contribution is 2.24. The first kappa shape index (κ1) is 17.4. The molecule has 1 amide bonds. The van der Waals surface area contributed by atoms with Gasteiger partial charge >= 0.3 is 0 Å². The molecule has 0 saturated carbocycles. The highest BCUT2D eigenvalue weighted by atomic mass is 79.9. The van der Waals surface area contributed by atoms with Crippen molar-refractivity contribution in [1.29, 1.82) is 0 Å². The molecule has 0 unspecified atom stereocenters. The Morgan fingerprint density at radius 1 is 1.08 bits per heavy atom. The van der Waals surface area contributed by atoms with Crippen molar-refractivity contribution in [3.63, 3.8) is 0 Å². The van der Waals surface area contributed by atoms with E-state index in [9.17, 15) is 9.18 Å². The smallest absolute Gasteiger partial charge is 0.259 e. The molecule has 7 heteroatoms. The number of benzene rings is 2. The lowest BCUT2D eigenvalue weighted by atomic mass is 10.2. The first-order valence-electron chi connectivity index (χ1n) is 7.27. The number of rotatable bonds is 4. The second-order valence-electron chi connectivity index (χ2n) is 5.12. The van der Waals surface area contributed by atoms with Gasteiger partial charge in [-0.15, -0.1) is 0 Å². The van der Waals surface area contributed by atoms with Crippen molar-refractivity contribution < 1.29 is 9.18 Å². The summed E-state index contributed by atoms with van der Waals surface area (Å²) in [5.74, 6) is -0.486. The van der Waals surface area contributed by atoms with Crippen LogP contribution in [-0.2, 0) is 0 Å². The lowest BCUT2D eigenvalue weighted by Crippen LogP contribution is -2.14. The van der Waals surface area contributed by atoms with Crippen molar-refractivity contribution in [2.24, 2.45) is 0 Å². The van der Waals surface area contributed by atoms with Crippen LogP contribution in [0.15, 0.2) is 65.3 Å². The summed E-state index contributed by atoms with van der Waals surface area (Å²) in [5, 5.41) is 5.78. The summed E-state index contributed by atoms with van der Waals surface area (Å²) in [6.07, 6.45) is 1.56. The van der Waals surface area contributed by atoms with Gasteiger partial charge in [0.1, 0.15) is 11.6 Å². The number of nitrogens with one attached hydrogen (secondary N) is 2. The van der Waals surface area contributed by atoms with Gasteiger partial charge in [-0.05, 0) is 48.5 Å². The van der Waals surface area contributed by atoms with Gasteiger partial charge < -0.3 is 10.6 Å². The van der Waals surface area contributed by atoms with Gasteiger partial charge in [0.15, 0.2) is 0 Å². The number of carbonyl (C=O) groups is 1. The number of carbonyl (C=O) groups excluding carboxylic acids is 1. The number of amides is 1. The van der Waals surface area contributed by atoms with Crippen molar-refractivity contribution >= 4 is 50.6 Å². The zero-order valence-electron chi connectivity index (χ0n) is 12.8. The fourth-order valence-corrected chi connectivity index (χ4v) is 2.74. The third-order valence-corrected chi connectivity index (χ3v) is 4.10. The summed E-state index contributed by atoms with van der Waals surface area (Å²) in [5.41, 5.74) is 1.53. The first-order chi connectivity index (χ1) is 12.0. The molecule has 0 fully saturated rings. The van der Waals surface area contributed by atoms with E-state index >= 15 is 0 Å². The molecule has 0 aliphatic rings. The van der Waals surface area contributed by atoms with E-state index in [1.54, 1.807) is 30.5 Å².